The van der Waals surface area contributed by atoms with Gasteiger partial charge < -0.3 is 36.0 Å². The zero-order valence-corrected chi connectivity index (χ0v) is 20.6. The van der Waals surface area contributed by atoms with Crippen molar-refractivity contribution in [1.29, 1.82) is 0 Å². The zero-order valence-electron chi connectivity index (χ0n) is 20.6. The summed E-state index contributed by atoms with van der Waals surface area (Å²) in [6.45, 7) is 12.2. The van der Waals surface area contributed by atoms with Gasteiger partial charge in [-0.3, -0.25) is 0 Å². The third-order valence-electron chi connectivity index (χ3n) is 6.55. The number of carbonyl (C=O) groups is 3. The Kier molecular flexibility index (Phi) is 8.89. The van der Waals surface area contributed by atoms with Crippen LogP contribution in [0, 0.1) is 0 Å². The molecule has 10 heteroatoms. The van der Waals surface area contributed by atoms with E-state index in [1.165, 1.54) is 0 Å². The van der Waals surface area contributed by atoms with Gasteiger partial charge in [0.25, 0.3) is 0 Å². The van der Waals surface area contributed by atoms with E-state index in [4.69, 9.17) is 0 Å². The van der Waals surface area contributed by atoms with Gasteiger partial charge in [0, 0.05) is 49.8 Å². The quantitative estimate of drug-likeness (QED) is 0.336. The maximum Gasteiger partial charge on any atom is 0.334 e. The van der Waals surface area contributed by atoms with Crippen LogP contribution in [0.15, 0.2) is 46.8 Å². The van der Waals surface area contributed by atoms with E-state index in [0.717, 1.165) is 45.7 Å². The molecule has 1 fully saturated rings. The van der Waals surface area contributed by atoms with Gasteiger partial charge in [-0.2, -0.15) is 0 Å². The first-order valence-corrected chi connectivity index (χ1v) is 12.0. The Morgan fingerprint density at radius 1 is 1.00 bits per heavy atom. The lowest BCUT2D eigenvalue weighted by Gasteiger charge is -2.33. The summed E-state index contributed by atoms with van der Waals surface area (Å²) in [5, 5.41) is 28.0. The lowest BCUT2D eigenvalue weighted by atomic mass is 9.80. The lowest BCUT2D eigenvalue weighted by Crippen LogP contribution is -2.46. The highest BCUT2D eigenvalue weighted by Gasteiger charge is 2.36. The molecule has 2 amide bonds. The van der Waals surface area contributed by atoms with E-state index in [0.29, 0.717) is 29.2 Å². The molecule has 2 aliphatic rings. The largest absolute Gasteiger partial charge is 0.478 e. The number of carboxylic acids is 2. The number of nitrogens with zero attached hydrogens (tertiary/aromatic N) is 2. The van der Waals surface area contributed by atoms with Crippen LogP contribution in [0.2, 0.25) is 0 Å². The number of rotatable bonds is 9. The number of nitrogens with one attached hydrogen (secondary N) is 3. The Hall–Kier alpha value is -3.37. The van der Waals surface area contributed by atoms with Gasteiger partial charge in [-0.1, -0.05) is 19.1 Å². The van der Waals surface area contributed by atoms with Crippen LogP contribution >= 0.6 is 0 Å². The molecule has 0 unspecified atom stereocenters. The smallest absolute Gasteiger partial charge is 0.334 e. The molecule has 0 spiro atoms. The summed E-state index contributed by atoms with van der Waals surface area (Å²) in [6, 6.07) is 6.29. The maximum atomic E-state index is 12.4. The minimum absolute atomic E-state index is 0.0330. The molecule has 0 saturated carbocycles. The van der Waals surface area contributed by atoms with Crippen molar-refractivity contribution < 1.29 is 24.6 Å². The second-order valence-electron chi connectivity index (χ2n) is 8.88. The summed E-state index contributed by atoms with van der Waals surface area (Å²) in [6.07, 6.45) is 0.840. The molecule has 5 N–H and O–H groups in total. The molecular formula is C25H35N5O5. The monoisotopic (exact) mass is 485 g/mol. The van der Waals surface area contributed by atoms with Crippen LogP contribution in [0.25, 0.3) is 0 Å². The predicted molar refractivity (Wildman–Crippen MR) is 133 cm³/mol. The third-order valence-corrected chi connectivity index (χ3v) is 6.55. The number of hydrogen-bond acceptors (Lipinski definition) is 6. The number of dihydropyridines is 1. The number of likely N-dealkylation sites (N-methyl/N-ethyl adjacent to an activating group) is 1. The molecule has 1 aromatic rings. The third kappa shape index (κ3) is 6.61. The highest BCUT2D eigenvalue weighted by atomic mass is 16.4. The Balaban J connectivity index is 1.61. The normalized spacial score (nSPS) is 17.8. The Bertz CT molecular complexity index is 991. The number of piperazine rings is 1. The second kappa shape index (κ2) is 11.9. The minimum Gasteiger partial charge on any atom is -0.478 e. The van der Waals surface area contributed by atoms with Crippen molar-refractivity contribution in [2.45, 2.75) is 33.1 Å². The van der Waals surface area contributed by atoms with Crippen LogP contribution < -0.4 is 16.0 Å². The number of amides is 2. The van der Waals surface area contributed by atoms with Crippen LogP contribution in [0.4, 0.5) is 10.5 Å². The van der Waals surface area contributed by atoms with Crippen molar-refractivity contribution in [3.8, 4) is 0 Å². The van der Waals surface area contributed by atoms with Crippen molar-refractivity contribution in [2.24, 2.45) is 0 Å². The highest BCUT2D eigenvalue weighted by molar-refractivity contribution is 5.98. The van der Waals surface area contributed by atoms with Crippen LogP contribution in [0.3, 0.4) is 0 Å². The summed E-state index contributed by atoms with van der Waals surface area (Å²) in [7, 11) is 0. The van der Waals surface area contributed by atoms with Crippen LogP contribution in [-0.4, -0.2) is 83.8 Å². The van der Waals surface area contributed by atoms with Gasteiger partial charge in [-0.25, -0.2) is 14.4 Å². The number of carbonyl (C=O) groups excluding carboxylic acids is 1. The van der Waals surface area contributed by atoms with Gasteiger partial charge in [0.05, 0.1) is 17.1 Å². The second-order valence-corrected chi connectivity index (χ2v) is 8.88. The molecule has 35 heavy (non-hydrogen) atoms. The number of allylic oxidation sites excluding steroid dienone is 2. The molecule has 2 aliphatic heterocycles. The number of aliphatic carboxylic acids is 2. The number of hydrogen-bond donors (Lipinski definition) is 5. The molecule has 0 aromatic heterocycles. The molecule has 0 bridgehead atoms. The summed E-state index contributed by atoms with van der Waals surface area (Å²) in [5.74, 6) is -3.36. The molecule has 190 valence electrons. The molecular weight excluding hydrogens is 450 g/mol. The predicted octanol–water partition coefficient (Wildman–Crippen LogP) is 2.24. The first-order chi connectivity index (χ1) is 16.7. The number of urea groups is 1. The van der Waals surface area contributed by atoms with Gasteiger partial charge in [0.2, 0.25) is 0 Å². The SMILES string of the molecule is CCN1CCN(CCCNC(=O)Nc2cccc(C3C(C(=O)O)=C(C)NC(C)=C3C(=O)O)c2)CC1. The van der Waals surface area contributed by atoms with E-state index >= 15 is 0 Å². The number of benzene rings is 1. The number of anilines is 1. The molecule has 1 aromatic carbocycles. The van der Waals surface area contributed by atoms with Crippen molar-refractivity contribution in [1.82, 2.24) is 20.4 Å². The molecule has 2 heterocycles. The van der Waals surface area contributed by atoms with Gasteiger partial charge >= 0.3 is 18.0 Å². The average Bonchev–Trinajstić information content (AvgIpc) is 2.81. The summed E-state index contributed by atoms with van der Waals surface area (Å²) in [5.41, 5.74) is 1.64. The average molecular weight is 486 g/mol. The van der Waals surface area contributed by atoms with Gasteiger partial charge in [-0.15, -0.1) is 0 Å². The summed E-state index contributed by atoms with van der Waals surface area (Å²) >= 11 is 0. The molecule has 3 rings (SSSR count). The zero-order chi connectivity index (χ0) is 25.5. The van der Waals surface area contributed by atoms with E-state index in [2.05, 4.69) is 32.7 Å². The van der Waals surface area contributed by atoms with Crippen molar-refractivity contribution >= 4 is 23.7 Å². The molecule has 1 saturated heterocycles. The fourth-order valence-electron chi connectivity index (χ4n) is 4.70. The fraction of sp³-hybridized carbons (Fsp3) is 0.480. The Morgan fingerprint density at radius 2 is 1.60 bits per heavy atom. The van der Waals surface area contributed by atoms with Crippen molar-refractivity contribution in [3.63, 3.8) is 0 Å². The Morgan fingerprint density at radius 3 is 2.17 bits per heavy atom. The summed E-state index contributed by atoms with van der Waals surface area (Å²) in [4.78, 5) is 41.2. The molecule has 10 nitrogen and oxygen atoms in total. The van der Waals surface area contributed by atoms with Gasteiger partial charge in [-0.05, 0) is 51.1 Å². The standard InChI is InChI=1S/C25H35N5O5/c1-4-29-11-13-30(14-12-29)10-6-9-26-25(35)28-19-8-5-7-18(15-19)22-20(23(31)32)16(2)27-17(3)21(22)24(33)34/h5,7-8,15,22,27H,4,6,9-14H2,1-3H3,(H,31,32)(H,33,34)(H2,26,28,35). The van der Waals surface area contributed by atoms with Crippen LogP contribution in [0.5, 0.6) is 0 Å². The highest BCUT2D eigenvalue weighted by Crippen LogP contribution is 2.38. The summed E-state index contributed by atoms with van der Waals surface area (Å²) < 4.78 is 0. The number of carboxylic acid groups (broad SMARTS) is 2. The maximum absolute atomic E-state index is 12.4. The molecule has 0 aliphatic carbocycles. The first-order valence-electron chi connectivity index (χ1n) is 12.0. The van der Waals surface area contributed by atoms with Gasteiger partial charge in [0.15, 0.2) is 0 Å². The van der Waals surface area contributed by atoms with E-state index in [1.54, 1.807) is 38.1 Å². The lowest BCUT2D eigenvalue weighted by molar-refractivity contribution is -0.133. The van der Waals surface area contributed by atoms with Crippen LogP contribution in [0.1, 0.15) is 38.7 Å². The topological polar surface area (TPSA) is 134 Å². The Labute approximate surface area is 205 Å². The van der Waals surface area contributed by atoms with E-state index in [9.17, 15) is 24.6 Å². The van der Waals surface area contributed by atoms with E-state index in [-0.39, 0.29) is 17.2 Å². The molecule has 0 radical (unpaired) electrons. The fourth-order valence-corrected chi connectivity index (χ4v) is 4.70. The van der Waals surface area contributed by atoms with E-state index < -0.39 is 17.9 Å². The van der Waals surface area contributed by atoms with Crippen molar-refractivity contribution in [3.05, 3.63) is 52.4 Å². The van der Waals surface area contributed by atoms with Crippen molar-refractivity contribution in [2.75, 3.05) is 51.1 Å². The van der Waals surface area contributed by atoms with Gasteiger partial charge in [0.1, 0.15) is 0 Å². The minimum atomic E-state index is -1.20. The van der Waals surface area contributed by atoms with Crippen LogP contribution in [-0.2, 0) is 9.59 Å². The first kappa shape index (κ1) is 26.2. The molecule has 0 atom stereocenters. The van der Waals surface area contributed by atoms with E-state index in [1.807, 2.05) is 0 Å².